The summed E-state index contributed by atoms with van der Waals surface area (Å²) >= 11 is 0. The Bertz CT molecular complexity index is 669. The van der Waals surface area contributed by atoms with Gasteiger partial charge >= 0.3 is 0 Å². The summed E-state index contributed by atoms with van der Waals surface area (Å²) in [6.07, 6.45) is 1.96. The van der Waals surface area contributed by atoms with Crippen LogP contribution in [-0.2, 0) is 19.4 Å². The fraction of sp³-hybridized carbons (Fsp3) is 0.375. The van der Waals surface area contributed by atoms with Crippen LogP contribution in [0.4, 0.5) is 11.6 Å². The number of nitrogens with zero attached hydrogens (tertiary/aromatic N) is 3. The minimum atomic E-state index is 0.723. The van der Waals surface area contributed by atoms with Crippen LogP contribution in [0.15, 0.2) is 24.3 Å². The van der Waals surface area contributed by atoms with E-state index < -0.39 is 0 Å². The van der Waals surface area contributed by atoms with Gasteiger partial charge in [-0.25, -0.2) is 4.98 Å². The van der Waals surface area contributed by atoms with Gasteiger partial charge in [-0.2, -0.15) is 4.98 Å². The maximum absolute atomic E-state index is 5.50. The molecule has 5 heteroatoms. The summed E-state index contributed by atoms with van der Waals surface area (Å²) in [4.78, 5) is 11.6. The van der Waals surface area contributed by atoms with Gasteiger partial charge in [-0.05, 0) is 31.0 Å². The number of rotatable bonds is 2. The molecule has 0 saturated carbocycles. The highest BCUT2D eigenvalue weighted by Crippen LogP contribution is 2.34. The fourth-order valence-corrected chi connectivity index (χ4v) is 3.15. The number of aromatic nitrogens is 2. The van der Waals surface area contributed by atoms with Crippen molar-refractivity contribution in [1.29, 1.82) is 0 Å². The molecule has 3 heterocycles. The molecule has 0 spiro atoms. The molecule has 5 nitrogen and oxygen atoms in total. The zero-order valence-corrected chi connectivity index (χ0v) is 12.1. The number of hydrogen-bond donors (Lipinski definition) is 1. The molecule has 1 N–H and O–H groups in total. The Morgan fingerprint density at radius 1 is 1.19 bits per heavy atom. The second kappa shape index (κ2) is 5.00. The number of ether oxygens (including phenoxy) is 1. The molecule has 0 bridgehead atoms. The summed E-state index contributed by atoms with van der Waals surface area (Å²) in [5.74, 6) is 1.47. The first-order valence-electron chi connectivity index (χ1n) is 7.37. The summed E-state index contributed by atoms with van der Waals surface area (Å²) in [6.45, 7) is 2.67. The molecule has 108 valence electrons. The van der Waals surface area contributed by atoms with E-state index in [1.807, 2.05) is 0 Å². The van der Waals surface area contributed by atoms with Crippen LogP contribution in [0.25, 0.3) is 0 Å². The summed E-state index contributed by atoms with van der Waals surface area (Å²) < 4.78 is 5.50. The first-order valence-corrected chi connectivity index (χ1v) is 7.37. The van der Waals surface area contributed by atoms with Crippen molar-refractivity contribution in [2.45, 2.75) is 19.4 Å². The van der Waals surface area contributed by atoms with Gasteiger partial charge < -0.3 is 15.0 Å². The van der Waals surface area contributed by atoms with Crippen LogP contribution in [0.1, 0.15) is 16.8 Å². The van der Waals surface area contributed by atoms with Gasteiger partial charge in [0, 0.05) is 24.3 Å². The molecule has 0 radical (unpaired) electrons. The quantitative estimate of drug-likeness (QED) is 0.910. The van der Waals surface area contributed by atoms with E-state index >= 15 is 0 Å². The molecule has 0 fully saturated rings. The van der Waals surface area contributed by atoms with Crippen LogP contribution >= 0.6 is 0 Å². The average molecular weight is 282 g/mol. The number of nitrogens with one attached hydrogen (secondary N) is 1. The first-order chi connectivity index (χ1) is 10.4. The smallest absolute Gasteiger partial charge is 0.233 e. The van der Waals surface area contributed by atoms with Gasteiger partial charge in [-0.1, -0.05) is 18.2 Å². The van der Waals surface area contributed by atoms with Crippen molar-refractivity contribution in [1.82, 2.24) is 15.3 Å². The number of fused-ring (bicyclic) bond motifs is 2. The van der Waals surface area contributed by atoms with E-state index in [9.17, 15) is 0 Å². The molecule has 1 aromatic carbocycles. The molecular formula is C16H18N4O. The lowest BCUT2D eigenvalue weighted by atomic mass is 10.1. The summed E-state index contributed by atoms with van der Waals surface area (Å²) in [7, 11) is 1.69. The van der Waals surface area contributed by atoms with Crippen LogP contribution < -0.4 is 15.0 Å². The highest BCUT2D eigenvalue weighted by atomic mass is 16.5. The van der Waals surface area contributed by atoms with Crippen LogP contribution in [-0.4, -0.2) is 30.2 Å². The van der Waals surface area contributed by atoms with Crippen LogP contribution in [0.5, 0.6) is 5.88 Å². The minimum Gasteiger partial charge on any atom is -0.481 e. The van der Waals surface area contributed by atoms with Crippen LogP contribution in [0.3, 0.4) is 0 Å². The molecule has 0 amide bonds. The number of hydrogen-bond acceptors (Lipinski definition) is 5. The van der Waals surface area contributed by atoms with E-state index in [1.165, 1.54) is 11.3 Å². The van der Waals surface area contributed by atoms with Crippen LogP contribution in [0.2, 0.25) is 0 Å². The van der Waals surface area contributed by atoms with Gasteiger partial charge in [0.1, 0.15) is 0 Å². The Kier molecular flexibility index (Phi) is 3.00. The predicted molar refractivity (Wildman–Crippen MR) is 81.1 cm³/mol. The van der Waals surface area contributed by atoms with Crippen molar-refractivity contribution in [2.24, 2.45) is 0 Å². The third kappa shape index (κ3) is 2.05. The number of benzene rings is 1. The molecule has 2 aliphatic rings. The molecule has 0 atom stereocenters. The average Bonchev–Trinajstić information content (AvgIpc) is 2.98. The Balaban J connectivity index is 1.80. The Morgan fingerprint density at radius 2 is 2.10 bits per heavy atom. The topological polar surface area (TPSA) is 50.3 Å². The second-order valence-corrected chi connectivity index (χ2v) is 5.42. The van der Waals surface area contributed by atoms with Crippen molar-refractivity contribution < 1.29 is 4.74 Å². The largest absolute Gasteiger partial charge is 0.481 e. The summed E-state index contributed by atoms with van der Waals surface area (Å²) in [6, 6.07) is 8.46. The molecule has 2 aliphatic heterocycles. The maximum Gasteiger partial charge on any atom is 0.233 e. The highest BCUT2D eigenvalue weighted by molar-refractivity contribution is 5.66. The van der Waals surface area contributed by atoms with Gasteiger partial charge in [0.05, 0.1) is 12.8 Å². The fourth-order valence-electron chi connectivity index (χ4n) is 3.15. The molecule has 1 aromatic heterocycles. The number of para-hydroxylation sites is 1. The van der Waals surface area contributed by atoms with Crippen molar-refractivity contribution in [3.8, 4) is 5.88 Å². The lowest BCUT2D eigenvalue weighted by Gasteiger charge is -2.23. The van der Waals surface area contributed by atoms with E-state index in [0.717, 1.165) is 55.6 Å². The lowest BCUT2D eigenvalue weighted by molar-refractivity contribution is 0.386. The van der Waals surface area contributed by atoms with Gasteiger partial charge in [-0.3, -0.25) is 0 Å². The van der Waals surface area contributed by atoms with Gasteiger partial charge in [0.15, 0.2) is 0 Å². The van der Waals surface area contributed by atoms with Crippen molar-refractivity contribution in [3.05, 3.63) is 41.1 Å². The SMILES string of the molecule is COc1nc(N2CCc3ccccc32)nc2c1CCNC2. The van der Waals surface area contributed by atoms with E-state index in [0.29, 0.717) is 0 Å². The second-order valence-electron chi connectivity index (χ2n) is 5.42. The number of methoxy groups -OCH3 is 1. The first kappa shape index (κ1) is 12.6. The lowest BCUT2D eigenvalue weighted by Crippen LogP contribution is -2.27. The molecule has 4 rings (SSSR count). The van der Waals surface area contributed by atoms with E-state index in [4.69, 9.17) is 9.72 Å². The van der Waals surface area contributed by atoms with Gasteiger partial charge in [0.25, 0.3) is 0 Å². The Labute approximate surface area is 124 Å². The van der Waals surface area contributed by atoms with E-state index in [2.05, 4.69) is 39.5 Å². The third-order valence-corrected chi connectivity index (χ3v) is 4.21. The highest BCUT2D eigenvalue weighted by Gasteiger charge is 2.25. The maximum atomic E-state index is 5.50. The number of anilines is 2. The Hall–Kier alpha value is -2.14. The van der Waals surface area contributed by atoms with E-state index in [1.54, 1.807) is 7.11 Å². The summed E-state index contributed by atoms with van der Waals surface area (Å²) in [5.41, 5.74) is 4.78. The molecule has 21 heavy (non-hydrogen) atoms. The molecule has 0 aliphatic carbocycles. The van der Waals surface area contributed by atoms with E-state index in [-0.39, 0.29) is 0 Å². The minimum absolute atomic E-state index is 0.723. The zero-order valence-electron chi connectivity index (χ0n) is 12.1. The standard InChI is InChI=1S/C16H18N4O/c1-21-15-12-6-8-17-10-13(12)18-16(19-15)20-9-7-11-4-2-3-5-14(11)20/h2-5,17H,6-10H2,1H3. The van der Waals surface area contributed by atoms with Gasteiger partial charge in [-0.15, -0.1) is 0 Å². The molecule has 2 aromatic rings. The normalized spacial score (nSPS) is 16.5. The third-order valence-electron chi connectivity index (χ3n) is 4.21. The van der Waals surface area contributed by atoms with Crippen LogP contribution in [0, 0.1) is 0 Å². The predicted octanol–water partition coefficient (Wildman–Crippen LogP) is 1.83. The van der Waals surface area contributed by atoms with Crippen molar-refractivity contribution in [2.75, 3.05) is 25.1 Å². The molecule has 0 unspecified atom stereocenters. The molecular weight excluding hydrogens is 264 g/mol. The summed E-state index contributed by atoms with van der Waals surface area (Å²) in [5, 5.41) is 3.36. The monoisotopic (exact) mass is 282 g/mol. The van der Waals surface area contributed by atoms with Gasteiger partial charge in [0.2, 0.25) is 11.8 Å². The van der Waals surface area contributed by atoms with Crippen molar-refractivity contribution >= 4 is 11.6 Å². The van der Waals surface area contributed by atoms with Crippen molar-refractivity contribution in [3.63, 3.8) is 0 Å². The molecule has 0 saturated heterocycles. The zero-order chi connectivity index (χ0) is 14.2. The Morgan fingerprint density at radius 3 is 3.00 bits per heavy atom.